The molecule has 0 amide bonds. The molecule has 2 aromatic heterocycles. The zero-order chi connectivity index (χ0) is 15.6. The van der Waals surface area contributed by atoms with E-state index in [1.807, 2.05) is 24.4 Å². The predicted octanol–water partition coefficient (Wildman–Crippen LogP) is 3.42. The van der Waals surface area contributed by atoms with Gasteiger partial charge in [-0.2, -0.15) is 0 Å². The monoisotopic (exact) mass is 446 g/mol. The van der Waals surface area contributed by atoms with E-state index < -0.39 is 0 Å². The van der Waals surface area contributed by atoms with Crippen molar-refractivity contribution in [2.75, 3.05) is 13.7 Å². The summed E-state index contributed by atoms with van der Waals surface area (Å²) in [6.45, 7) is 4.22. The van der Waals surface area contributed by atoms with Crippen LogP contribution in [0.25, 0.3) is 0 Å². The number of guanidine groups is 1. The van der Waals surface area contributed by atoms with Crippen LogP contribution in [0.2, 0.25) is 0 Å². The highest BCUT2D eigenvalue weighted by Crippen LogP contribution is 2.08. The second kappa shape index (κ2) is 11.2. The third-order valence-electron chi connectivity index (χ3n) is 2.95. The summed E-state index contributed by atoms with van der Waals surface area (Å²) in [4.78, 5) is 9.78. The Kier molecular flexibility index (Phi) is 9.61. The third-order valence-corrected chi connectivity index (χ3v) is 3.82. The number of hydrogen-bond acceptors (Lipinski definition) is 4. The Balaban J connectivity index is 0.00000264. The number of pyridine rings is 1. The van der Waals surface area contributed by atoms with Crippen molar-refractivity contribution >= 4 is 41.3 Å². The van der Waals surface area contributed by atoms with E-state index in [2.05, 4.69) is 39.0 Å². The number of ether oxygens (including phenoxy) is 1. The van der Waals surface area contributed by atoms with Gasteiger partial charge >= 0.3 is 0 Å². The van der Waals surface area contributed by atoms with Crippen LogP contribution in [0.3, 0.4) is 0 Å². The summed E-state index contributed by atoms with van der Waals surface area (Å²) in [6.07, 6.45) is 2.81. The quantitative estimate of drug-likeness (QED) is 0.389. The van der Waals surface area contributed by atoms with Gasteiger partial charge in [-0.25, -0.2) is 4.98 Å². The molecule has 0 bridgehead atoms. The van der Waals surface area contributed by atoms with E-state index in [4.69, 9.17) is 4.74 Å². The van der Waals surface area contributed by atoms with Crippen molar-refractivity contribution in [3.05, 3.63) is 46.3 Å². The summed E-state index contributed by atoms with van der Waals surface area (Å²) in [5.74, 6) is 1.45. The van der Waals surface area contributed by atoms with Crippen molar-refractivity contribution in [2.24, 2.45) is 4.99 Å². The van der Waals surface area contributed by atoms with Gasteiger partial charge in [0.05, 0.1) is 13.2 Å². The van der Waals surface area contributed by atoms with Gasteiger partial charge in [-0.15, -0.1) is 35.3 Å². The minimum atomic E-state index is 0. The molecule has 5 nitrogen and oxygen atoms in total. The van der Waals surface area contributed by atoms with Crippen molar-refractivity contribution in [1.82, 2.24) is 15.6 Å². The largest absolute Gasteiger partial charge is 0.478 e. The highest BCUT2D eigenvalue weighted by Gasteiger charge is 2.01. The van der Waals surface area contributed by atoms with E-state index in [-0.39, 0.29) is 24.0 Å². The maximum Gasteiger partial charge on any atom is 0.213 e. The summed E-state index contributed by atoms with van der Waals surface area (Å²) < 4.78 is 5.47. The maximum atomic E-state index is 5.47. The van der Waals surface area contributed by atoms with E-state index >= 15 is 0 Å². The van der Waals surface area contributed by atoms with Crippen LogP contribution >= 0.6 is 35.3 Å². The number of nitrogens with zero attached hydrogens (tertiary/aromatic N) is 2. The van der Waals surface area contributed by atoms with Crippen LogP contribution in [-0.4, -0.2) is 24.6 Å². The van der Waals surface area contributed by atoms with Crippen molar-refractivity contribution in [2.45, 2.75) is 26.4 Å². The molecular formula is C16H23IN4OS. The fourth-order valence-corrected chi connectivity index (χ4v) is 2.44. The van der Waals surface area contributed by atoms with Crippen LogP contribution in [0.1, 0.15) is 23.8 Å². The first kappa shape index (κ1) is 19.7. The number of rotatable bonds is 7. The number of thiophene rings is 1. The molecule has 23 heavy (non-hydrogen) atoms. The smallest absolute Gasteiger partial charge is 0.213 e. The lowest BCUT2D eigenvalue weighted by Gasteiger charge is -2.11. The number of nitrogens with one attached hydrogen (secondary N) is 2. The molecule has 126 valence electrons. The summed E-state index contributed by atoms with van der Waals surface area (Å²) in [5.41, 5.74) is 1.09. The molecule has 0 saturated carbocycles. The molecule has 0 spiro atoms. The topological polar surface area (TPSA) is 58.5 Å². The van der Waals surface area contributed by atoms with Crippen LogP contribution in [0.5, 0.6) is 5.88 Å². The average molecular weight is 446 g/mol. The number of aromatic nitrogens is 1. The molecule has 0 radical (unpaired) electrons. The molecule has 0 aliphatic rings. The van der Waals surface area contributed by atoms with Gasteiger partial charge in [0.25, 0.3) is 0 Å². The fraction of sp³-hybridized carbons (Fsp3) is 0.375. The normalized spacial score (nSPS) is 10.8. The number of aliphatic imine (C=N–C) groups is 1. The van der Waals surface area contributed by atoms with Crippen molar-refractivity contribution < 1.29 is 4.74 Å². The highest BCUT2D eigenvalue weighted by atomic mass is 127. The van der Waals surface area contributed by atoms with Crippen LogP contribution in [-0.2, 0) is 13.1 Å². The lowest BCUT2D eigenvalue weighted by molar-refractivity contribution is 0.305. The molecule has 0 aliphatic carbocycles. The Morgan fingerprint density at radius 2 is 2.09 bits per heavy atom. The molecular weight excluding hydrogens is 423 g/mol. The lowest BCUT2D eigenvalue weighted by Crippen LogP contribution is -2.36. The van der Waals surface area contributed by atoms with E-state index in [1.165, 1.54) is 4.88 Å². The van der Waals surface area contributed by atoms with Crippen molar-refractivity contribution in [3.8, 4) is 5.88 Å². The molecule has 2 rings (SSSR count). The number of halogens is 1. The van der Waals surface area contributed by atoms with E-state index in [0.29, 0.717) is 19.0 Å². The van der Waals surface area contributed by atoms with Gasteiger partial charge in [-0.05, 0) is 23.4 Å². The Bertz CT molecular complexity index is 572. The first-order chi connectivity index (χ1) is 10.8. The Morgan fingerprint density at radius 3 is 2.70 bits per heavy atom. The SMILES string of the molecule is CCCOc1ccc(CNC(=NC)NCc2cccs2)cn1.I. The summed E-state index contributed by atoms with van der Waals surface area (Å²) >= 11 is 1.73. The Morgan fingerprint density at radius 1 is 1.26 bits per heavy atom. The van der Waals surface area contributed by atoms with Crippen LogP contribution in [0.15, 0.2) is 40.8 Å². The van der Waals surface area contributed by atoms with Gasteiger partial charge in [0.2, 0.25) is 5.88 Å². The van der Waals surface area contributed by atoms with E-state index in [1.54, 1.807) is 18.4 Å². The highest BCUT2D eigenvalue weighted by molar-refractivity contribution is 14.0. The molecule has 0 atom stereocenters. The second-order valence-electron chi connectivity index (χ2n) is 4.71. The van der Waals surface area contributed by atoms with E-state index in [0.717, 1.165) is 24.5 Å². The van der Waals surface area contributed by atoms with Crippen LogP contribution in [0.4, 0.5) is 0 Å². The molecule has 2 aromatic rings. The van der Waals surface area contributed by atoms with Gasteiger partial charge in [-0.1, -0.05) is 19.1 Å². The van der Waals surface area contributed by atoms with Crippen LogP contribution in [0, 0.1) is 0 Å². The average Bonchev–Trinajstić information content (AvgIpc) is 3.07. The first-order valence-corrected chi connectivity index (χ1v) is 8.24. The van der Waals surface area contributed by atoms with E-state index in [9.17, 15) is 0 Å². The van der Waals surface area contributed by atoms with Gasteiger partial charge in [0.15, 0.2) is 5.96 Å². The fourth-order valence-electron chi connectivity index (χ4n) is 1.80. The summed E-state index contributed by atoms with van der Waals surface area (Å²) in [6, 6.07) is 8.06. The van der Waals surface area contributed by atoms with Gasteiger partial charge in [0, 0.05) is 30.7 Å². The molecule has 2 N–H and O–H groups in total. The van der Waals surface area contributed by atoms with Gasteiger partial charge < -0.3 is 15.4 Å². The first-order valence-electron chi connectivity index (χ1n) is 7.36. The predicted molar refractivity (Wildman–Crippen MR) is 107 cm³/mol. The van der Waals surface area contributed by atoms with Crippen molar-refractivity contribution in [3.63, 3.8) is 0 Å². The van der Waals surface area contributed by atoms with Gasteiger partial charge in [0.1, 0.15) is 0 Å². The molecule has 7 heteroatoms. The maximum absolute atomic E-state index is 5.47. The Hall–Kier alpha value is -1.35. The second-order valence-corrected chi connectivity index (χ2v) is 5.74. The zero-order valence-corrected chi connectivity index (χ0v) is 16.6. The molecule has 0 unspecified atom stereocenters. The van der Waals surface area contributed by atoms with Crippen molar-refractivity contribution in [1.29, 1.82) is 0 Å². The lowest BCUT2D eigenvalue weighted by atomic mass is 10.3. The molecule has 0 aliphatic heterocycles. The van der Waals surface area contributed by atoms with Gasteiger partial charge in [-0.3, -0.25) is 4.99 Å². The molecule has 0 fully saturated rings. The van der Waals surface area contributed by atoms with Crippen LogP contribution < -0.4 is 15.4 Å². The minimum absolute atomic E-state index is 0. The molecule has 0 aromatic carbocycles. The minimum Gasteiger partial charge on any atom is -0.478 e. The molecule has 0 saturated heterocycles. The summed E-state index contributed by atoms with van der Waals surface area (Å²) in [7, 11) is 1.77. The molecule has 2 heterocycles. The third kappa shape index (κ3) is 7.17. The summed E-state index contributed by atoms with van der Waals surface area (Å²) in [5, 5.41) is 8.63. The standard InChI is InChI=1S/C16H22N4OS.HI/c1-3-8-21-15-7-6-13(10-18-15)11-19-16(17-2)20-12-14-5-4-9-22-14;/h4-7,9-10H,3,8,11-12H2,1-2H3,(H2,17,19,20);1H. The number of hydrogen-bond donors (Lipinski definition) is 2. The zero-order valence-electron chi connectivity index (χ0n) is 13.4. The Labute approximate surface area is 158 Å².